The Morgan fingerprint density at radius 2 is 1.62 bits per heavy atom. The van der Waals surface area contributed by atoms with Gasteiger partial charge in [-0.1, -0.05) is 59.5 Å². The van der Waals surface area contributed by atoms with Crippen LogP contribution in [0.2, 0.25) is 0 Å². The molecule has 0 heterocycles. The van der Waals surface area contributed by atoms with Crippen molar-refractivity contribution in [3.05, 3.63) is 78.9 Å². The molecule has 0 aliphatic carbocycles. The molecule has 0 saturated carbocycles. The Balaban J connectivity index is 2.11. The second-order valence-electron chi connectivity index (χ2n) is 4.44. The summed E-state index contributed by atoms with van der Waals surface area (Å²) in [6.45, 7) is 3.67. The van der Waals surface area contributed by atoms with E-state index in [1.165, 1.54) is 12.1 Å². The molecule has 0 saturated heterocycles. The lowest BCUT2D eigenvalue weighted by Crippen LogP contribution is -2.26. The van der Waals surface area contributed by atoms with Crippen LogP contribution in [-0.4, -0.2) is 8.42 Å². The molecule has 21 heavy (non-hydrogen) atoms. The highest BCUT2D eigenvalue weighted by Gasteiger charge is 2.17. The van der Waals surface area contributed by atoms with Crippen LogP contribution < -0.4 is 4.89 Å². The molecular formula is C16H17NO3S. The van der Waals surface area contributed by atoms with Gasteiger partial charge in [-0.25, -0.2) is 8.42 Å². The van der Waals surface area contributed by atoms with E-state index in [-0.39, 0.29) is 4.90 Å². The molecule has 0 amide bonds. The molecule has 2 aromatic carbocycles. The van der Waals surface area contributed by atoms with Gasteiger partial charge >= 0.3 is 0 Å². The minimum atomic E-state index is -3.69. The normalized spacial score (nSPS) is 12.8. The Bertz CT molecular complexity index is 669. The highest BCUT2D eigenvalue weighted by atomic mass is 32.2. The maximum absolute atomic E-state index is 12.1. The molecule has 1 N–H and O–H groups in total. The molecule has 5 heteroatoms. The van der Waals surface area contributed by atoms with Crippen LogP contribution in [-0.2, 0) is 14.9 Å². The van der Waals surface area contributed by atoms with E-state index in [0.717, 1.165) is 5.56 Å². The smallest absolute Gasteiger partial charge is 0.262 e. The maximum Gasteiger partial charge on any atom is 0.262 e. The van der Waals surface area contributed by atoms with Crippen molar-refractivity contribution < 1.29 is 13.3 Å². The van der Waals surface area contributed by atoms with Crippen molar-refractivity contribution in [2.75, 3.05) is 0 Å². The maximum atomic E-state index is 12.1. The molecule has 0 aliphatic rings. The standard InChI is InChI=1S/C16H17NO3S/c1-2-9-16(14-10-5-3-6-11-14)20-17-21(18,19)15-12-7-4-8-13-15/h2-8,10-13,16-17H,1,9H2. The van der Waals surface area contributed by atoms with Gasteiger partial charge < -0.3 is 0 Å². The molecule has 0 spiro atoms. The van der Waals surface area contributed by atoms with E-state index < -0.39 is 16.1 Å². The Hall–Kier alpha value is -1.95. The van der Waals surface area contributed by atoms with E-state index in [9.17, 15) is 8.42 Å². The van der Waals surface area contributed by atoms with E-state index in [4.69, 9.17) is 4.84 Å². The molecule has 0 radical (unpaired) electrons. The summed E-state index contributed by atoms with van der Waals surface area (Å²) in [5, 5.41) is 0. The summed E-state index contributed by atoms with van der Waals surface area (Å²) in [7, 11) is -3.69. The topological polar surface area (TPSA) is 55.4 Å². The minimum Gasteiger partial charge on any atom is -0.278 e. The summed E-state index contributed by atoms with van der Waals surface area (Å²) in [4.78, 5) is 7.72. The number of benzene rings is 2. The first-order chi connectivity index (χ1) is 10.1. The van der Waals surface area contributed by atoms with Crippen molar-refractivity contribution in [2.24, 2.45) is 0 Å². The van der Waals surface area contributed by atoms with E-state index in [1.807, 2.05) is 30.3 Å². The van der Waals surface area contributed by atoms with Crippen LogP contribution in [0.4, 0.5) is 0 Å². The molecule has 1 unspecified atom stereocenters. The van der Waals surface area contributed by atoms with Crippen LogP contribution in [0.15, 0.2) is 78.2 Å². The Labute approximate surface area is 125 Å². The predicted molar refractivity (Wildman–Crippen MR) is 81.8 cm³/mol. The van der Waals surface area contributed by atoms with Gasteiger partial charge in [0.1, 0.15) is 6.10 Å². The molecule has 1 atom stereocenters. The van der Waals surface area contributed by atoms with Gasteiger partial charge in [-0.2, -0.15) is 0 Å². The summed E-state index contributed by atoms with van der Waals surface area (Å²) in [6.07, 6.45) is 1.78. The lowest BCUT2D eigenvalue weighted by atomic mass is 10.1. The van der Waals surface area contributed by atoms with Crippen molar-refractivity contribution in [2.45, 2.75) is 17.4 Å². The second-order valence-corrected chi connectivity index (χ2v) is 6.09. The number of nitrogens with one attached hydrogen (secondary N) is 1. The zero-order valence-electron chi connectivity index (χ0n) is 11.5. The van der Waals surface area contributed by atoms with E-state index in [0.29, 0.717) is 6.42 Å². The van der Waals surface area contributed by atoms with Gasteiger partial charge in [-0.3, -0.25) is 4.84 Å². The average Bonchev–Trinajstić information content (AvgIpc) is 2.53. The predicted octanol–water partition coefficient (Wildman–Crippen LogP) is 3.21. The van der Waals surface area contributed by atoms with Gasteiger partial charge in [0, 0.05) is 0 Å². The van der Waals surface area contributed by atoms with Gasteiger partial charge in [0.2, 0.25) is 0 Å². The third-order valence-corrected chi connectivity index (χ3v) is 4.11. The van der Waals surface area contributed by atoms with Crippen molar-refractivity contribution in [3.63, 3.8) is 0 Å². The summed E-state index contributed by atoms with van der Waals surface area (Å²) < 4.78 is 24.2. The van der Waals surface area contributed by atoms with E-state index in [1.54, 1.807) is 24.3 Å². The molecule has 0 aromatic heterocycles. The molecule has 0 aliphatic heterocycles. The lowest BCUT2D eigenvalue weighted by molar-refractivity contribution is 0.0181. The monoisotopic (exact) mass is 303 g/mol. The third kappa shape index (κ3) is 4.26. The summed E-state index contributed by atoms with van der Waals surface area (Å²) in [5.41, 5.74) is 0.883. The third-order valence-electron chi connectivity index (χ3n) is 2.91. The van der Waals surface area contributed by atoms with Gasteiger partial charge in [0.05, 0.1) is 4.90 Å². The van der Waals surface area contributed by atoms with Gasteiger partial charge in [-0.15, -0.1) is 6.58 Å². The van der Waals surface area contributed by atoms with Crippen LogP contribution in [0, 0.1) is 0 Å². The molecule has 0 fully saturated rings. The number of hydrogen-bond acceptors (Lipinski definition) is 3. The number of sulfonamides is 1. The van der Waals surface area contributed by atoms with Crippen LogP contribution >= 0.6 is 0 Å². The van der Waals surface area contributed by atoms with Crippen LogP contribution in [0.25, 0.3) is 0 Å². The summed E-state index contributed by atoms with van der Waals surface area (Å²) in [6, 6.07) is 17.5. The number of rotatable bonds is 7. The second kappa shape index (κ2) is 7.17. The molecule has 110 valence electrons. The average molecular weight is 303 g/mol. The Morgan fingerprint density at radius 1 is 1.05 bits per heavy atom. The minimum absolute atomic E-state index is 0.162. The van der Waals surface area contributed by atoms with E-state index >= 15 is 0 Å². The highest BCUT2D eigenvalue weighted by Crippen LogP contribution is 2.21. The van der Waals surface area contributed by atoms with Crippen molar-refractivity contribution in [1.82, 2.24) is 4.89 Å². The summed E-state index contributed by atoms with van der Waals surface area (Å²) in [5.74, 6) is 0. The van der Waals surface area contributed by atoms with Crippen LogP contribution in [0.3, 0.4) is 0 Å². The zero-order valence-corrected chi connectivity index (χ0v) is 12.3. The number of hydrogen-bond donors (Lipinski definition) is 1. The van der Waals surface area contributed by atoms with Crippen LogP contribution in [0.1, 0.15) is 18.1 Å². The Kier molecular flexibility index (Phi) is 5.27. The first kappa shape index (κ1) is 15.4. The quantitative estimate of drug-likeness (QED) is 0.631. The fourth-order valence-corrected chi connectivity index (χ4v) is 2.69. The lowest BCUT2D eigenvalue weighted by Gasteiger charge is -2.16. The summed E-state index contributed by atoms with van der Waals surface area (Å²) >= 11 is 0. The van der Waals surface area contributed by atoms with Gasteiger partial charge in [0.25, 0.3) is 10.0 Å². The first-order valence-corrected chi connectivity index (χ1v) is 8.00. The molecule has 4 nitrogen and oxygen atoms in total. The highest BCUT2D eigenvalue weighted by molar-refractivity contribution is 7.89. The van der Waals surface area contributed by atoms with Crippen molar-refractivity contribution in [3.8, 4) is 0 Å². The van der Waals surface area contributed by atoms with E-state index in [2.05, 4.69) is 11.5 Å². The van der Waals surface area contributed by atoms with Crippen molar-refractivity contribution >= 4 is 10.0 Å². The molecule has 0 bridgehead atoms. The fourth-order valence-electron chi connectivity index (χ4n) is 1.84. The molecule has 2 aromatic rings. The SMILES string of the molecule is C=CCC(ONS(=O)(=O)c1ccccc1)c1ccccc1. The van der Waals surface area contributed by atoms with Crippen molar-refractivity contribution in [1.29, 1.82) is 0 Å². The first-order valence-electron chi connectivity index (χ1n) is 6.52. The Morgan fingerprint density at radius 3 is 2.19 bits per heavy atom. The molecule has 2 rings (SSSR count). The fraction of sp³-hybridized carbons (Fsp3) is 0.125. The molecular weight excluding hydrogens is 286 g/mol. The zero-order chi connectivity index (χ0) is 15.1. The van der Waals surface area contributed by atoms with Gasteiger partial charge in [0.15, 0.2) is 0 Å². The largest absolute Gasteiger partial charge is 0.278 e. The van der Waals surface area contributed by atoms with Gasteiger partial charge in [-0.05, 0) is 24.1 Å². The van der Waals surface area contributed by atoms with Crippen LogP contribution in [0.5, 0.6) is 0 Å².